The number of likely N-dealkylation sites (tertiary alicyclic amines) is 1. The lowest BCUT2D eigenvalue weighted by molar-refractivity contribution is -0.142. The quantitative estimate of drug-likeness (QED) is 0.793. The van der Waals surface area contributed by atoms with Crippen LogP contribution in [0.2, 0.25) is 0 Å². The Morgan fingerprint density at radius 3 is 2.50 bits per heavy atom. The van der Waals surface area contributed by atoms with Crippen molar-refractivity contribution >= 4 is 11.9 Å². The summed E-state index contributed by atoms with van der Waals surface area (Å²) >= 11 is 0. The first-order valence-electron chi connectivity index (χ1n) is 5.99. The van der Waals surface area contributed by atoms with Gasteiger partial charge in [0.15, 0.2) is 0 Å². The van der Waals surface area contributed by atoms with Crippen LogP contribution in [0, 0.1) is 17.8 Å². The molecule has 0 aliphatic carbocycles. The standard InChI is InChI=1S/C12H21NO3/c1-4-5-8(2)11(14)13-6-9(3)10(7-13)12(15)16/h8-10H,4-7H2,1-3H3,(H,15,16)/t8?,9-,10-/m1/s1. The van der Waals surface area contributed by atoms with E-state index in [0.717, 1.165) is 12.8 Å². The van der Waals surface area contributed by atoms with Crippen molar-refractivity contribution in [3.05, 3.63) is 0 Å². The molecule has 0 aromatic rings. The van der Waals surface area contributed by atoms with Gasteiger partial charge in [-0.05, 0) is 12.3 Å². The largest absolute Gasteiger partial charge is 0.481 e. The fourth-order valence-electron chi connectivity index (χ4n) is 2.34. The number of hydrogen-bond donors (Lipinski definition) is 1. The molecule has 3 atom stereocenters. The Morgan fingerprint density at radius 1 is 1.44 bits per heavy atom. The van der Waals surface area contributed by atoms with Crippen LogP contribution in [0.1, 0.15) is 33.6 Å². The molecule has 1 aliphatic rings. The van der Waals surface area contributed by atoms with E-state index in [1.54, 1.807) is 4.90 Å². The van der Waals surface area contributed by atoms with Crippen molar-refractivity contribution in [3.8, 4) is 0 Å². The molecule has 0 aromatic carbocycles. The van der Waals surface area contributed by atoms with Gasteiger partial charge in [0.1, 0.15) is 0 Å². The van der Waals surface area contributed by atoms with Crippen LogP contribution >= 0.6 is 0 Å². The van der Waals surface area contributed by atoms with Crippen molar-refractivity contribution < 1.29 is 14.7 Å². The molecular weight excluding hydrogens is 206 g/mol. The highest BCUT2D eigenvalue weighted by Crippen LogP contribution is 2.25. The van der Waals surface area contributed by atoms with Gasteiger partial charge in [0.25, 0.3) is 0 Å². The second-order valence-corrected chi connectivity index (χ2v) is 4.85. The molecule has 0 radical (unpaired) electrons. The van der Waals surface area contributed by atoms with Crippen LogP contribution in [0.5, 0.6) is 0 Å². The third-order valence-corrected chi connectivity index (χ3v) is 3.38. The minimum Gasteiger partial charge on any atom is -0.481 e. The number of amides is 1. The maximum Gasteiger partial charge on any atom is 0.308 e. The molecule has 1 aliphatic heterocycles. The predicted molar refractivity (Wildman–Crippen MR) is 60.9 cm³/mol. The SMILES string of the molecule is CCCC(C)C(=O)N1C[C@@H](C)[C@H](C(=O)O)C1. The summed E-state index contributed by atoms with van der Waals surface area (Å²) < 4.78 is 0. The lowest BCUT2D eigenvalue weighted by atomic mass is 9.99. The maximum atomic E-state index is 12.0. The molecule has 4 nitrogen and oxygen atoms in total. The van der Waals surface area contributed by atoms with Gasteiger partial charge in [-0.1, -0.05) is 27.2 Å². The number of carboxylic acid groups (broad SMARTS) is 1. The van der Waals surface area contributed by atoms with Gasteiger partial charge >= 0.3 is 5.97 Å². The molecule has 1 saturated heterocycles. The van der Waals surface area contributed by atoms with Gasteiger partial charge in [0.05, 0.1) is 5.92 Å². The number of carbonyl (C=O) groups is 2. The minimum atomic E-state index is -0.786. The summed E-state index contributed by atoms with van der Waals surface area (Å²) in [6.07, 6.45) is 1.86. The number of aliphatic carboxylic acids is 1. The number of rotatable bonds is 4. The van der Waals surface area contributed by atoms with Crippen LogP contribution in [0.15, 0.2) is 0 Å². The van der Waals surface area contributed by atoms with E-state index in [1.807, 2.05) is 13.8 Å². The minimum absolute atomic E-state index is 0.0183. The van der Waals surface area contributed by atoms with Crippen LogP contribution in [0.3, 0.4) is 0 Å². The monoisotopic (exact) mass is 227 g/mol. The Morgan fingerprint density at radius 2 is 2.06 bits per heavy atom. The molecule has 1 heterocycles. The Labute approximate surface area is 96.6 Å². The summed E-state index contributed by atoms with van der Waals surface area (Å²) in [6, 6.07) is 0. The second kappa shape index (κ2) is 5.32. The number of carboxylic acids is 1. The van der Waals surface area contributed by atoms with Crippen molar-refractivity contribution in [2.24, 2.45) is 17.8 Å². The fourth-order valence-corrected chi connectivity index (χ4v) is 2.34. The van der Waals surface area contributed by atoms with Crippen molar-refractivity contribution in [3.63, 3.8) is 0 Å². The predicted octanol–water partition coefficient (Wildman–Crippen LogP) is 1.60. The normalized spacial score (nSPS) is 26.8. The van der Waals surface area contributed by atoms with Gasteiger partial charge < -0.3 is 10.0 Å². The van der Waals surface area contributed by atoms with Crippen LogP contribution in [-0.4, -0.2) is 35.0 Å². The summed E-state index contributed by atoms with van der Waals surface area (Å²) in [7, 11) is 0. The van der Waals surface area contributed by atoms with E-state index < -0.39 is 11.9 Å². The van der Waals surface area contributed by atoms with E-state index in [4.69, 9.17) is 5.11 Å². The van der Waals surface area contributed by atoms with E-state index >= 15 is 0 Å². The zero-order valence-corrected chi connectivity index (χ0v) is 10.3. The van der Waals surface area contributed by atoms with Crippen LogP contribution < -0.4 is 0 Å². The molecule has 0 saturated carbocycles. The van der Waals surface area contributed by atoms with E-state index in [2.05, 4.69) is 6.92 Å². The molecule has 4 heteroatoms. The molecule has 0 aromatic heterocycles. The third kappa shape index (κ3) is 2.74. The van der Waals surface area contributed by atoms with Crippen molar-refractivity contribution in [1.29, 1.82) is 0 Å². The average Bonchev–Trinajstić information content (AvgIpc) is 2.59. The number of nitrogens with zero attached hydrogens (tertiary/aromatic N) is 1. The highest BCUT2D eigenvalue weighted by Gasteiger charge is 2.37. The van der Waals surface area contributed by atoms with Gasteiger partial charge in [-0.15, -0.1) is 0 Å². The summed E-state index contributed by atoms with van der Waals surface area (Å²) in [5.74, 6) is -0.985. The summed E-state index contributed by atoms with van der Waals surface area (Å²) in [5, 5.41) is 8.99. The zero-order valence-electron chi connectivity index (χ0n) is 10.3. The molecule has 16 heavy (non-hydrogen) atoms. The van der Waals surface area contributed by atoms with Crippen LogP contribution in [-0.2, 0) is 9.59 Å². The molecule has 0 bridgehead atoms. The molecule has 92 valence electrons. The van der Waals surface area contributed by atoms with E-state index in [0.29, 0.717) is 13.1 Å². The Balaban J connectivity index is 2.58. The number of carbonyl (C=O) groups excluding carboxylic acids is 1. The second-order valence-electron chi connectivity index (χ2n) is 4.85. The molecule has 0 spiro atoms. The first-order chi connectivity index (χ1) is 7.47. The molecule has 1 unspecified atom stereocenters. The van der Waals surface area contributed by atoms with Crippen LogP contribution in [0.25, 0.3) is 0 Å². The van der Waals surface area contributed by atoms with Crippen molar-refractivity contribution in [1.82, 2.24) is 4.90 Å². The Hall–Kier alpha value is -1.06. The molecule has 1 amide bonds. The lowest BCUT2D eigenvalue weighted by Crippen LogP contribution is -2.34. The molecule has 1 N–H and O–H groups in total. The highest BCUT2D eigenvalue weighted by atomic mass is 16.4. The molecule has 1 rings (SSSR count). The van der Waals surface area contributed by atoms with Gasteiger partial charge in [-0.25, -0.2) is 0 Å². The smallest absolute Gasteiger partial charge is 0.308 e. The maximum absolute atomic E-state index is 12.0. The van der Waals surface area contributed by atoms with E-state index in [1.165, 1.54) is 0 Å². The topological polar surface area (TPSA) is 57.6 Å². The van der Waals surface area contributed by atoms with Gasteiger partial charge in [-0.2, -0.15) is 0 Å². The molecular formula is C12H21NO3. The lowest BCUT2D eigenvalue weighted by Gasteiger charge is -2.20. The van der Waals surface area contributed by atoms with Crippen LogP contribution in [0.4, 0.5) is 0 Å². The zero-order chi connectivity index (χ0) is 12.3. The summed E-state index contributed by atoms with van der Waals surface area (Å²) in [4.78, 5) is 24.6. The average molecular weight is 227 g/mol. The molecule has 1 fully saturated rings. The van der Waals surface area contributed by atoms with Gasteiger partial charge in [-0.3, -0.25) is 9.59 Å². The first kappa shape index (κ1) is 13.0. The number of hydrogen-bond acceptors (Lipinski definition) is 2. The Bertz CT molecular complexity index is 277. The van der Waals surface area contributed by atoms with E-state index in [-0.39, 0.29) is 17.7 Å². The van der Waals surface area contributed by atoms with Crippen molar-refractivity contribution in [2.45, 2.75) is 33.6 Å². The Kier molecular flexibility index (Phi) is 4.33. The van der Waals surface area contributed by atoms with Gasteiger partial charge in [0, 0.05) is 19.0 Å². The van der Waals surface area contributed by atoms with E-state index in [9.17, 15) is 9.59 Å². The summed E-state index contributed by atoms with van der Waals surface area (Å²) in [6.45, 7) is 6.84. The highest BCUT2D eigenvalue weighted by molar-refractivity contribution is 5.80. The first-order valence-corrected chi connectivity index (χ1v) is 5.99. The third-order valence-electron chi connectivity index (χ3n) is 3.38. The van der Waals surface area contributed by atoms with Crippen molar-refractivity contribution in [2.75, 3.05) is 13.1 Å². The van der Waals surface area contributed by atoms with Gasteiger partial charge in [0.2, 0.25) is 5.91 Å². The fraction of sp³-hybridized carbons (Fsp3) is 0.833. The summed E-state index contributed by atoms with van der Waals surface area (Å²) in [5.41, 5.74) is 0.